The molecule has 8 heteroatoms. The number of thiophene rings is 2. The number of benzene rings is 1. The van der Waals surface area contributed by atoms with Crippen LogP contribution in [0.25, 0.3) is 20.9 Å². The standard InChI is InChI=1S/C20H16N4O2S2/c1-10-15-16(21)17(19(26)23-13-7-5-12(6-8-13)11(2)25)28-20(15)24-18(22-10)14-4-3-9-27-14/h3-9H,21H2,1-2H3,(H,23,26). The monoisotopic (exact) mass is 408 g/mol. The molecule has 1 amide bonds. The number of anilines is 2. The molecule has 4 rings (SSSR count). The van der Waals surface area contributed by atoms with Crippen LogP contribution in [0.2, 0.25) is 0 Å². The Balaban J connectivity index is 1.68. The summed E-state index contributed by atoms with van der Waals surface area (Å²) in [7, 11) is 0. The summed E-state index contributed by atoms with van der Waals surface area (Å²) in [6, 6.07) is 10.6. The lowest BCUT2D eigenvalue weighted by Gasteiger charge is -2.05. The van der Waals surface area contributed by atoms with Gasteiger partial charge in [0.1, 0.15) is 9.71 Å². The highest BCUT2D eigenvalue weighted by Crippen LogP contribution is 2.36. The molecule has 1 aromatic carbocycles. The number of nitrogens with zero attached hydrogens (tertiary/aromatic N) is 2. The van der Waals surface area contributed by atoms with Crippen molar-refractivity contribution in [3.63, 3.8) is 0 Å². The van der Waals surface area contributed by atoms with Crippen LogP contribution < -0.4 is 11.1 Å². The summed E-state index contributed by atoms with van der Waals surface area (Å²) in [5.41, 5.74) is 8.56. The van der Waals surface area contributed by atoms with Crippen molar-refractivity contribution in [3.05, 3.63) is 57.9 Å². The second-order valence-corrected chi connectivity index (χ2v) is 8.17. The maximum atomic E-state index is 12.8. The van der Waals surface area contributed by atoms with Crippen molar-refractivity contribution in [3.8, 4) is 10.7 Å². The maximum absolute atomic E-state index is 12.8. The predicted octanol–water partition coefficient (Wildman–Crippen LogP) is 4.77. The second kappa shape index (κ2) is 7.14. The lowest BCUT2D eigenvalue weighted by atomic mass is 10.1. The molecule has 3 aromatic heterocycles. The fourth-order valence-corrected chi connectivity index (χ4v) is 4.56. The first kappa shape index (κ1) is 18.3. The van der Waals surface area contributed by atoms with Gasteiger partial charge in [0.15, 0.2) is 11.6 Å². The number of aryl methyl sites for hydroxylation is 1. The second-order valence-electron chi connectivity index (χ2n) is 6.22. The van der Waals surface area contributed by atoms with Gasteiger partial charge in [0.05, 0.1) is 21.6 Å². The number of nitrogens with one attached hydrogen (secondary N) is 1. The summed E-state index contributed by atoms with van der Waals surface area (Å²) in [5.74, 6) is 0.295. The average Bonchev–Trinajstić information content (AvgIpc) is 3.30. The molecule has 0 atom stereocenters. The molecule has 0 spiro atoms. The van der Waals surface area contributed by atoms with E-state index in [1.54, 1.807) is 35.6 Å². The molecule has 0 radical (unpaired) electrons. The lowest BCUT2D eigenvalue weighted by molar-refractivity contribution is 0.101. The zero-order valence-electron chi connectivity index (χ0n) is 15.1. The summed E-state index contributed by atoms with van der Waals surface area (Å²) >= 11 is 2.81. The van der Waals surface area contributed by atoms with Gasteiger partial charge in [-0.1, -0.05) is 6.07 Å². The molecule has 6 nitrogen and oxygen atoms in total. The summed E-state index contributed by atoms with van der Waals surface area (Å²) in [6.07, 6.45) is 0. The van der Waals surface area contributed by atoms with Crippen LogP contribution in [0.1, 0.15) is 32.6 Å². The van der Waals surface area contributed by atoms with E-state index in [4.69, 9.17) is 5.73 Å². The number of nitrogens with two attached hydrogens (primary N) is 1. The number of nitrogen functional groups attached to an aromatic ring is 1. The van der Waals surface area contributed by atoms with Gasteiger partial charge in [0.25, 0.3) is 5.91 Å². The molecule has 0 aliphatic rings. The van der Waals surface area contributed by atoms with Gasteiger partial charge in [-0.2, -0.15) is 0 Å². The number of hydrogen-bond donors (Lipinski definition) is 2. The van der Waals surface area contributed by atoms with Crippen LogP contribution in [0.3, 0.4) is 0 Å². The van der Waals surface area contributed by atoms with Crippen molar-refractivity contribution in [2.24, 2.45) is 0 Å². The highest BCUT2D eigenvalue weighted by molar-refractivity contribution is 7.21. The van der Waals surface area contributed by atoms with Gasteiger partial charge in [0, 0.05) is 11.3 Å². The Hall–Kier alpha value is -3.10. The fourth-order valence-electron chi connectivity index (χ4n) is 2.86. The summed E-state index contributed by atoms with van der Waals surface area (Å²) < 4.78 is 0. The zero-order valence-corrected chi connectivity index (χ0v) is 16.8. The molecule has 0 fully saturated rings. The van der Waals surface area contributed by atoms with E-state index in [-0.39, 0.29) is 11.7 Å². The van der Waals surface area contributed by atoms with Crippen molar-refractivity contribution >= 4 is 56.0 Å². The number of fused-ring (bicyclic) bond motifs is 1. The lowest BCUT2D eigenvalue weighted by Crippen LogP contribution is -2.12. The molecule has 3 heterocycles. The van der Waals surface area contributed by atoms with Gasteiger partial charge in [-0.15, -0.1) is 22.7 Å². The minimum absolute atomic E-state index is 0.0257. The SMILES string of the molecule is CC(=O)c1ccc(NC(=O)c2sc3nc(-c4cccs4)nc(C)c3c2N)cc1. The largest absolute Gasteiger partial charge is 0.397 e. The van der Waals surface area contributed by atoms with Crippen molar-refractivity contribution in [1.29, 1.82) is 0 Å². The van der Waals surface area contributed by atoms with E-state index in [0.717, 1.165) is 10.6 Å². The van der Waals surface area contributed by atoms with Gasteiger partial charge < -0.3 is 11.1 Å². The summed E-state index contributed by atoms with van der Waals surface area (Å²) in [6.45, 7) is 3.37. The number of hydrogen-bond acceptors (Lipinski definition) is 7. The molecule has 0 unspecified atom stereocenters. The number of Topliss-reactive ketones (excluding diaryl/α,β-unsaturated/α-hetero) is 1. The first-order valence-electron chi connectivity index (χ1n) is 8.47. The molecule has 0 aliphatic heterocycles. The summed E-state index contributed by atoms with van der Waals surface area (Å²) in [4.78, 5) is 35.3. The van der Waals surface area contributed by atoms with E-state index < -0.39 is 0 Å². The van der Waals surface area contributed by atoms with Gasteiger partial charge in [-0.25, -0.2) is 9.97 Å². The minimum Gasteiger partial charge on any atom is -0.397 e. The van der Waals surface area contributed by atoms with Crippen LogP contribution in [-0.2, 0) is 0 Å². The van der Waals surface area contributed by atoms with E-state index in [1.165, 1.54) is 18.3 Å². The quantitative estimate of drug-likeness (QED) is 0.474. The van der Waals surface area contributed by atoms with Gasteiger partial charge in [-0.3, -0.25) is 9.59 Å². The van der Waals surface area contributed by atoms with Gasteiger partial charge in [-0.05, 0) is 49.6 Å². The number of aromatic nitrogens is 2. The average molecular weight is 409 g/mol. The molecular weight excluding hydrogens is 392 g/mol. The van der Waals surface area contributed by atoms with Crippen LogP contribution >= 0.6 is 22.7 Å². The van der Waals surface area contributed by atoms with Crippen LogP contribution in [0.15, 0.2) is 41.8 Å². The Morgan fingerprint density at radius 1 is 1.11 bits per heavy atom. The highest BCUT2D eigenvalue weighted by Gasteiger charge is 2.20. The first-order valence-corrected chi connectivity index (χ1v) is 10.2. The topological polar surface area (TPSA) is 98.0 Å². The molecule has 28 heavy (non-hydrogen) atoms. The molecule has 140 valence electrons. The third-order valence-electron chi connectivity index (χ3n) is 4.27. The number of rotatable bonds is 4. The smallest absolute Gasteiger partial charge is 0.267 e. The van der Waals surface area contributed by atoms with Crippen molar-refractivity contribution in [2.75, 3.05) is 11.1 Å². The highest BCUT2D eigenvalue weighted by atomic mass is 32.1. The Labute approximate surface area is 169 Å². The normalized spacial score (nSPS) is 10.9. The van der Waals surface area contributed by atoms with Crippen molar-refractivity contribution in [2.45, 2.75) is 13.8 Å². The predicted molar refractivity (Wildman–Crippen MR) is 114 cm³/mol. The Morgan fingerprint density at radius 2 is 1.86 bits per heavy atom. The van der Waals surface area contributed by atoms with Crippen LogP contribution in [0.4, 0.5) is 11.4 Å². The van der Waals surface area contributed by atoms with Crippen LogP contribution in [-0.4, -0.2) is 21.7 Å². The van der Waals surface area contributed by atoms with Gasteiger partial charge >= 0.3 is 0 Å². The molecule has 0 bridgehead atoms. The summed E-state index contributed by atoms with van der Waals surface area (Å²) in [5, 5.41) is 5.50. The first-order chi connectivity index (χ1) is 13.4. The van der Waals surface area contributed by atoms with E-state index in [0.29, 0.717) is 37.9 Å². The van der Waals surface area contributed by atoms with E-state index >= 15 is 0 Å². The van der Waals surface area contributed by atoms with Crippen molar-refractivity contribution in [1.82, 2.24) is 9.97 Å². The van der Waals surface area contributed by atoms with Crippen LogP contribution in [0.5, 0.6) is 0 Å². The number of carbonyl (C=O) groups is 2. The Kier molecular flexibility index (Phi) is 4.66. The Bertz CT molecular complexity index is 1200. The molecule has 4 aromatic rings. The van der Waals surface area contributed by atoms with E-state index in [1.807, 2.05) is 24.4 Å². The minimum atomic E-state index is -0.312. The van der Waals surface area contributed by atoms with Gasteiger partial charge in [0.2, 0.25) is 0 Å². The zero-order chi connectivity index (χ0) is 19.8. The number of carbonyl (C=O) groups excluding carboxylic acids is 2. The third-order valence-corrected chi connectivity index (χ3v) is 6.23. The molecular formula is C20H16N4O2S2. The van der Waals surface area contributed by atoms with E-state index in [2.05, 4.69) is 15.3 Å². The number of amides is 1. The maximum Gasteiger partial charge on any atom is 0.267 e. The molecule has 0 aliphatic carbocycles. The molecule has 0 saturated carbocycles. The van der Waals surface area contributed by atoms with Crippen molar-refractivity contribution < 1.29 is 9.59 Å². The third kappa shape index (κ3) is 3.28. The Morgan fingerprint density at radius 3 is 2.50 bits per heavy atom. The molecule has 0 saturated heterocycles. The fraction of sp³-hybridized carbons (Fsp3) is 0.100. The van der Waals surface area contributed by atoms with E-state index in [9.17, 15) is 9.59 Å². The number of ketones is 1. The molecule has 3 N–H and O–H groups in total. The van der Waals surface area contributed by atoms with Crippen LogP contribution in [0, 0.1) is 6.92 Å².